The van der Waals surface area contributed by atoms with Gasteiger partial charge in [0.15, 0.2) is 0 Å². The van der Waals surface area contributed by atoms with Crippen LogP contribution in [0, 0.1) is 0 Å². The summed E-state index contributed by atoms with van der Waals surface area (Å²) in [5, 5.41) is 0. The fourth-order valence-electron chi connectivity index (χ4n) is 4.70. The van der Waals surface area contributed by atoms with Gasteiger partial charge in [0.25, 0.3) is 27.5 Å². The van der Waals surface area contributed by atoms with Crippen molar-refractivity contribution in [2.75, 3.05) is 0 Å². The standard InChI is InChI=1S/H10O10Si8/c1-11(2)13(5)14(11,6)18(10)15(7)12(3,4)16(18,8)17(13,15)9/h1-10H. The zero-order chi connectivity index (χ0) is 14.0. The van der Waals surface area contributed by atoms with Gasteiger partial charge in [-0.15, -0.1) is 0 Å². The highest BCUT2D eigenvalue weighted by Gasteiger charge is 3.40. The third kappa shape index (κ3) is 0.478. The van der Waals surface area contributed by atoms with Crippen LogP contribution in [0.1, 0.15) is 0 Å². The van der Waals surface area contributed by atoms with Gasteiger partial charge in [-0.3, -0.25) is 0 Å². The predicted octanol–water partition coefficient (Wildman–Crippen LogP) is -8.62. The molecular formula is H10O10Si8. The molecule has 0 aliphatic carbocycles. The average Bonchev–Trinajstić information content (AvgIpc) is 2.57. The van der Waals surface area contributed by atoms with E-state index in [9.17, 15) is 48.0 Å². The van der Waals surface area contributed by atoms with Gasteiger partial charge in [0.2, 0.25) is 13.7 Å². The van der Waals surface area contributed by atoms with Crippen molar-refractivity contribution >= 4 is 56.4 Å². The molecule has 0 spiro atoms. The maximum Gasteiger partial charge on any atom is 0.352 e. The van der Waals surface area contributed by atoms with E-state index < -0.39 is 56.4 Å². The van der Waals surface area contributed by atoms with Crippen molar-refractivity contribution in [1.29, 1.82) is 0 Å². The van der Waals surface area contributed by atoms with Crippen LogP contribution in [0.5, 0.6) is 0 Å². The summed E-state index contributed by atoms with van der Waals surface area (Å²) in [6.07, 6.45) is 0. The van der Waals surface area contributed by atoms with Crippen LogP contribution in [-0.2, 0) is 0 Å². The Hall–Kier alpha value is 1.34. The van der Waals surface area contributed by atoms with Crippen molar-refractivity contribution in [3.8, 4) is 0 Å². The SMILES string of the molecule is O[Si]1(O)[Si]2(O)[Si]1(O)[Si]1(O)[Si]3(O)[Si](O)(O)[Si]1(O)[Si]23O. The maximum absolute atomic E-state index is 10.4. The average molecular weight is 395 g/mol. The van der Waals surface area contributed by atoms with Gasteiger partial charge >= 0.3 is 15.2 Å². The summed E-state index contributed by atoms with van der Waals surface area (Å²) in [5.74, 6) is 0. The summed E-state index contributed by atoms with van der Waals surface area (Å²) in [4.78, 5) is 101. The molecule has 0 aromatic carbocycles. The summed E-state index contributed by atoms with van der Waals surface area (Å²) in [7, 11) is -9.04. The van der Waals surface area contributed by atoms with Gasteiger partial charge in [0, 0.05) is 0 Å². The molecule has 6 aliphatic rings. The molecule has 18 heteroatoms. The Labute approximate surface area is 104 Å². The van der Waals surface area contributed by atoms with Crippen LogP contribution in [0.3, 0.4) is 0 Å². The first-order chi connectivity index (χ1) is 7.75. The van der Waals surface area contributed by atoms with Gasteiger partial charge in [-0.1, -0.05) is 0 Å². The van der Waals surface area contributed by atoms with E-state index in [4.69, 9.17) is 0 Å². The molecule has 6 rings (SSSR count). The second-order valence-corrected chi connectivity index (χ2v) is 94.3. The van der Waals surface area contributed by atoms with Crippen molar-refractivity contribution in [3.63, 3.8) is 0 Å². The Morgan fingerprint density at radius 3 is 0.667 bits per heavy atom. The lowest BCUT2D eigenvalue weighted by molar-refractivity contribution is 0.360. The molecule has 10 N–H and O–H groups in total. The molecule has 4 bridgehead atoms. The van der Waals surface area contributed by atoms with Crippen LogP contribution in [0.15, 0.2) is 0 Å². The van der Waals surface area contributed by atoms with Crippen molar-refractivity contribution in [2.24, 2.45) is 0 Å². The van der Waals surface area contributed by atoms with Crippen molar-refractivity contribution < 1.29 is 48.0 Å². The topological polar surface area (TPSA) is 202 Å². The summed E-state index contributed by atoms with van der Waals surface area (Å²) in [5.41, 5.74) is 0. The van der Waals surface area contributed by atoms with Crippen molar-refractivity contribution in [2.45, 2.75) is 0 Å². The van der Waals surface area contributed by atoms with E-state index in [0.29, 0.717) is 0 Å². The number of hydrogen-bond acceptors (Lipinski definition) is 10. The van der Waals surface area contributed by atoms with E-state index in [0.717, 1.165) is 0 Å². The lowest BCUT2D eigenvalue weighted by Gasteiger charge is -2.79. The lowest BCUT2D eigenvalue weighted by Crippen LogP contribution is -3.34. The van der Waals surface area contributed by atoms with Crippen molar-refractivity contribution in [1.82, 2.24) is 0 Å². The molecule has 102 valence electrons. The van der Waals surface area contributed by atoms with Gasteiger partial charge in [-0.25, -0.2) is 0 Å². The van der Waals surface area contributed by atoms with Crippen LogP contribution in [0.4, 0.5) is 0 Å². The van der Waals surface area contributed by atoms with E-state index in [-0.39, 0.29) is 0 Å². The van der Waals surface area contributed by atoms with E-state index in [1.54, 1.807) is 0 Å². The third-order valence-corrected chi connectivity index (χ3v) is 250. The molecule has 6 fully saturated rings. The summed E-state index contributed by atoms with van der Waals surface area (Å²) in [6, 6.07) is 0. The van der Waals surface area contributed by atoms with E-state index >= 15 is 0 Å². The maximum atomic E-state index is 10.4. The lowest BCUT2D eigenvalue weighted by atomic mass is 15.8. The quantitative estimate of drug-likeness (QED) is 0.176. The van der Waals surface area contributed by atoms with Gasteiger partial charge < -0.3 is 48.0 Å². The molecule has 0 radical (unpaired) electrons. The van der Waals surface area contributed by atoms with Crippen LogP contribution in [0.2, 0.25) is 0 Å². The smallest absolute Gasteiger partial charge is 0.352 e. The molecule has 10 nitrogen and oxygen atoms in total. The first-order valence-electron chi connectivity index (χ1n) is 4.99. The number of rotatable bonds is 0. The normalized spacial score (nSPS) is 76.3. The molecule has 6 heterocycles. The Balaban J connectivity index is 2.07. The summed E-state index contributed by atoms with van der Waals surface area (Å²) in [6.45, 7) is -26.4. The van der Waals surface area contributed by atoms with Gasteiger partial charge in [0.1, 0.15) is 0 Å². The second kappa shape index (κ2) is 2.26. The highest BCUT2D eigenvalue weighted by molar-refractivity contribution is 8.72. The first kappa shape index (κ1) is 13.0. The highest BCUT2D eigenvalue weighted by Crippen LogP contribution is 2.81. The summed E-state index contributed by atoms with van der Waals surface area (Å²) < 4.78 is 0. The van der Waals surface area contributed by atoms with E-state index in [1.807, 2.05) is 0 Å². The van der Waals surface area contributed by atoms with Crippen LogP contribution < -0.4 is 0 Å². The minimum Gasteiger partial charge on any atom is -0.433 e. The summed E-state index contributed by atoms with van der Waals surface area (Å²) >= 11 is 0. The zero-order valence-electron chi connectivity index (χ0n) is 8.47. The Bertz CT molecular complexity index is 448. The van der Waals surface area contributed by atoms with Gasteiger partial charge in [-0.2, -0.15) is 0 Å². The predicted molar refractivity (Wildman–Crippen MR) is 68.2 cm³/mol. The first-order valence-corrected chi connectivity index (χ1v) is 31.5. The fourth-order valence-corrected chi connectivity index (χ4v) is 581. The molecule has 0 amide bonds. The Kier molecular flexibility index (Phi) is 1.64. The molecule has 0 aromatic heterocycles. The van der Waals surface area contributed by atoms with E-state index in [2.05, 4.69) is 0 Å². The molecule has 2 atom stereocenters. The fraction of sp³-hybridized carbons (Fsp3) is 0. The second-order valence-electron chi connectivity index (χ2n) is 5.61. The molecule has 6 saturated heterocycles. The molecule has 6 aliphatic heterocycles. The molecule has 0 saturated carbocycles. The van der Waals surface area contributed by atoms with Crippen LogP contribution in [0.25, 0.3) is 0 Å². The van der Waals surface area contributed by atoms with Crippen LogP contribution >= 0.6 is 0 Å². The third-order valence-electron chi connectivity index (χ3n) is 5.62. The molecule has 0 aromatic rings. The number of hydrogen-bond donors (Lipinski definition) is 10. The monoisotopic (exact) mass is 394 g/mol. The van der Waals surface area contributed by atoms with Gasteiger partial charge in [-0.05, 0) is 0 Å². The largest absolute Gasteiger partial charge is 0.433 e. The minimum atomic E-state index is -4.52. The highest BCUT2D eigenvalue weighted by atomic mass is 31.0. The minimum absolute atomic E-state index is 4.39. The Morgan fingerprint density at radius 1 is 0.278 bits per heavy atom. The Morgan fingerprint density at radius 2 is 0.444 bits per heavy atom. The molecular weight excluding hydrogens is 385 g/mol. The molecule has 2 unspecified atom stereocenters. The van der Waals surface area contributed by atoms with E-state index in [1.165, 1.54) is 0 Å². The van der Waals surface area contributed by atoms with Crippen LogP contribution in [-0.4, -0.2) is 104 Å². The molecule has 18 heavy (non-hydrogen) atoms. The zero-order valence-corrected chi connectivity index (χ0v) is 16.5. The van der Waals surface area contributed by atoms with Crippen molar-refractivity contribution in [3.05, 3.63) is 0 Å². The van der Waals surface area contributed by atoms with Gasteiger partial charge in [0.05, 0.1) is 0 Å².